The van der Waals surface area contributed by atoms with Crippen LogP contribution in [0.1, 0.15) is 31.1 Å². The third-order valence-corrected chi connectivity index (χ3v) is 2.89. The summed E-state index contributed by atoms with van der Waals surface area (Å²) in [4.78, 5) is 12.3. The fourth-order valence-corrected chi connectivity index (χ4v) is 1.96. The normalized spacial score (nSPS) is 10.9. The Morgan fingerprint density at radius 2 is 1.77 bits per heavy atom. The third-order valence-electron chi connectivity index (χ3n) is 2.89. The molecule has 2 aromatic carbocycles. The summed E-state index contributed by atoms with van der Waals surface area (Å²) in [5.74, 6) is 0.401. The van der Waals surface area contributed by atoms with E-state index in [1.54, 1.807) is 13.2 Å². The Kier molecular flexibility index (Phi) is 4.71. The lowest BCUT2D eigenvalue weighted by molar-refractivity contribution is 0.00708. The number of benzene rings is 2. The molecule has 2 aromatic rings. The van der Waals surface area contributed by atoms with Crippen molar-refractivity contribution in [2.75, 3.05) is 12.4 Å². The largest absolute Gasteiger partial charge is 0.497 e. The van der Waals surface area contributed by atoms with Crippen LogP contribution in [0.2, 0.25) is 0 Å². The zero-order valence-electron chi connectivity index (χ0n) is 13.3. The number of rotatable bonds is 4. The van der Waals surface area contributed by atoms with Gasteiger partial charge in [0.2, 0.25) is 0 Å². The lowest BCUT2D eigenvalue weighted by Gasteiger charge is -2.20. The summed E-state index contributed by atoms with van der Waals surface area (Å²) in [6.07, 6.45) is 0. The van der Waals surface area contributed by atoms with Crippen molar-refractivity contribution < 1.29 is 14.3 Å². The maximum atomic E-state index is 12.3. The summed E-state index contributed by atoms with van der Waals surface area (Å²) < 4.78 is 10.6. The Bertz CT molecular complexity index is 659. The first-order valence-electron chi connectivity index (χ1n) is 7.12. The summed E-state index contributed by atoms with van der Waals surface area (Å²) in [5.41, 5.74) is 1.51. The highest BCUT2D eigenvalue weighted by atomic mass is 16.6. The van der Waals surface area contributed by atoms with E-state index in [9.17, 15) is 4.79 Å². The van der Waals surface area contributed by atoms with Gasteiger partial charge in [-0.05, 0) is 45.0 Å². The molecule has 0 aliphatic heterocycles. The number of methoxy groups -OCH3 is 1. The zero-order chi connectivity index (χ0) is 16.2. The van der Waals surface area contributed by atoms with E-state index in [4.69, 9.17) is 9.47 Å². The van der Waals surface area contributed by atoms with Crippen LogP contribution in [-0.4, -0.2) is 18.7 Å². The Morgan fingerprint density at radius 1 is 1.05 bits per heavy atom. The molecule has 0 saturated heterocycles. The van der Waals surface area contributed by atoms with Crippen molar-refractivity contribution in [1.82, 2.24) is 0 Å². The van der Waals surface area contributed by atoms with E-state index in [0.717, 1.165) is 11.4 Å². The van der Waals surface area contributed by atoms with E-state index in [-0.39, 0.29) is 5.97 Å². The number of hydrogen-bond donors (Lipinski definition) is 1. The van der Waals surface area contributed by atoms with Crippen molar-refractivity contribution in [3.63, 3.8) is 0 Å². The van der Waals surface area contributed by atoms with Crippen LogP contribution in [0.15, 0.2) is 48.5 Å². The van der Waals surface area contributed by atoms with E-state index in [1.807, 2.05) is 63.2 Å². The summed E-state index contributed by atoms with van der Waals surface area (Å²) in [6.45, 7) is 5.55. The van der Waals surface area contributed by atoms with Gasteiger partial charge in [0.1, 0.15) is 11.4 Å². The third kappa shape index (κ3) is 4.25. The average molecular weight is 299 g/mol. The first-order valence-corrected chi connectivity index (χ1v) is 7.12. The van der Waals surface area contributed by atoms with Gasteiger partial charge in [-0.25, -0.2) is 4.79 Å². The second kappa shape index (κ2) is 6.52. The number of esters is 1. The lowest BCUT2D eigenvalue weighted by atomic mass is 10.1. The number of carbonyl (C=O) groups is 1. The van der Waals surface area contributed by atoms with E-state index < -0.39 is 5.60 Å². The molecule has 0 radical (unpaired) electrons. The summed E-state index contributed by atoms with van der Waals surface area (Å²) in [6, 6.07) is 14.8. The molecule has 0 amide bonds. The number of carbonyl (C=O) groups excluding carboxylic acids is 1. The van der Waals surface area contributed by atoms with E-state index in [0.29, 0.717) is 11.3 Å². The zero-order valence-corrected chi connectivity index (χ0v) is 13.3. The van der Waals surface area contributed by atoms with Gasteiger partial charge in [-0.15, -0.1) is 0 Å². The number of nitrogens with one attached hydrogen (secondary N) is 1. The highest BCUT2D eigenvalue weighted by Gasteiger charge is 2.20. The molecule has 1 N–H and O–H groups in total. The molecule has 4 heteroatoms. The molecule has 0 aliphatic rings. The van der Waals surface area contributed by atoms with Gasteiger partial charge in [-0.2, -0.15) is 0 Å². The quantitative estimate of drug-likeness (QED) is 0.850. The summed E-state index contributed by atoms with van der Waals surface area (Å²) >= 11 is 0. The van der Waals surface area contributed by atoms with Crippen molar-refractivity contribution >= 4 is 17.3 Å². The SMILES string of the molecule is COc1cccc(Nc2ccccc2C(=O)OC(C)(C)C)c1. The van der Waals surface area contributed by atoms with Crippen LogP contribution in [0, 0.1) is 0 Å². The van der Waals surface area contributed by atoms with Gasteiger partial charge in [0.05, 0.1) is 18.4 Å². The van der Waals surface area contributed by atoms with Crippen LogP contribution in [0.4, 0.5) is 11.4 Å². The summed E-state index contributed by atoms with van der Waals surface area (Å²) in [7, 11) is 1.62. The molecule has 0 aliphatic carbocycles. The van der Waals surface area contributed by atoms with Gasteiger partial charge >= 0.3 is 5.97 Å². The van der Waals surface area contributed by atoms with Crippen molar-refractivity contribution in [2.45, 2.75) is 26.4 Å². The van der Waals surface area contributed by atoms with Gasteiger partial charge in [0.25, 0.3) is 0 Å². The van der Waals surface area contributed by atoms with Crippen LogP contribution in [0.5, 0.6) is 5.75 Å². The average Bonchev–Trinajstić information content (AvgIpc) is 2.46. The van der Waals surface area contributed by atoms with E-state index in [2.05, 4.69) is 5.32 Å². The molecule has 0 aromatic heterocycles. The van der Waals surface area contributed by atoms with Crippen molar-refractivity contribution in [3.05, 3.63) is 54.1 Å². The summed E-state index contributed by atoms with van der Waals surface area (Å²) in [5, 5.41) is 3.23. The second-order valence-electron chi connectivity index (χ2n) is 5.90. The molecule has 0 heterocycles. The fourth-order valence-electron chi connectivity index (χ4n) is 1.96. The van der Waals surface area contributed by atoms with Gasteiger partial charge in [0, 0.05) is 11.8 Å². The predicted octanol–water partition coefficient (Wildman–Crippen LogP) is 4.39. The topological polar surface area (TPSA) is 47.6 Å². The molecule has 0 fully saturated rings. The predicted molar refractivity (Wildman–Crippen MR) is 87.9 cm³/mol. The van der Waals surface area contributed by atoms with E-state index in [1.165, 1.54) is 0 Å². The van der Waals surface area contributed by atoms with Gasteiger partial charge in [-0.1, -0.05) is 18.2 Å². The first kappa shape index (κ1) is 15.9. The maximum Gasteiger partial charge on any atom is 0.340 e. The van der Waals surface area contributed by atoms with Crippen LogP contribution in [0.25, 0.3) is 0 Å². The minimum Gasteiger partial charge on any atom is -0.497 e. The molecule has 0 saturated carbocycles. The number of hydrogen-bond acceptors (Lipinski definition) is 4. The van der Waals surface area contributed by atoms with Crippen LogP contribution in [-0.2, 0) is 4.74 Å². The standard InChI is InChI=1S/C18H21NO3/c1-18(2,3)22-17(20)15-10-5-6-11-16(15)19-13-8-7-9-14(12-13)21-4/h5-12,19H,1-4H3. The molecule has 0 atom stereocenters. The second-order valence-corrected chi connectivity index (χ2v) is 5.90. The van der Waals surface area contributed by atoms with Gasteiger partial charge < -0.3 is 14.8 Å². The molecule has 116 valence electrons. The Hall–Kier alpha value is -2.49. The lowest BCUT2D eigenvalue weighted by Crippen LogP contribution is -2.24. The molecular weight excluding hydrogens is 278 g/mol. The molecule has 0 unspecified atom stereocenters. The van der Waals surface area contributed by atoms with Crippen LogP contribution >= 0.6 is 0 Å². The Balaban J connectivity index is 2.26. The number of para-hydroxylation sites is 1. The van der Waals surface area contributed by atoms with E-state index >= 15 is 0 Å². The van der Waals surface area contributed by atoms with Crippen LogP contribution in [0.3, 0.4) is 0 Å². The van der Waals surface area contributed by atoms with Gasteiger partial charge in [0.15, 0.2) is 0 Å². The molecule has 22 heavy (non-hydrogen) atoms. The van der Waals surface area contributed by atoms with Crippen molar-refractivity contribution in [2.24, 2.45) is 0 Å². The first-order chi connectivity index (χ1) is 10.4. The van der Waals surface area contributed by atoms with Crippen molar-refractivity contribution in [3.8, 4) is 5.75 Å². The molecular formula is C18H21NO3. The molecule has 0 bridgehead atoms. The minimum atomic E-state index is -0.528. The highest BCUT2D eigenvalue weighted by Crippen LogP contribution is 2.25. The number of anilines is 2. The van der Waals surface area contributed by atoms with Crippen LogP contribution < -0.4 is 10.1 Å². The smallest absolute Gasteiger partial charge is 0.340 e. The molecule has 4 nitrogen and oxygen atoms in total. The fraction of sp³-hybridized carbons (Fsp3) is 0.278. The number of ether oxygens (including phenoxy) is 2. The Labute approximate surface area is 131 Å². The van der Waals surface area contributed by atoms with Gasteiger partial charge in [-0.3, -0.25) is 0 Å². The Morgan fingerprint density at radius 3 is 2.45 bits per heavy atom. The minimum absolute atomic E-state index is 0.349. The highest BCUT2D eigenvalue weighted by molar-refractivity contribution is 5.96. The molecule has 0 spiro atoms. The monoisotopic (exact) mass is 299 g/mol. The molecule has 2 rings (SSSR count). The maximum absolute atomic E-state index is 12.3. The van der Waals surface area contributed by atoms with Crippen molar-refractivity contribution in [1.29, 1.82) is 0 Å².